The maximum absolute atomic E-state index is 6.42. The van der Waals surface area contributed by atoms with E-state index in [0.29, 0.717) is 0 Å². The molecule has 2 rings (SSSR count). The van der Waals surface area contributed by atoms with Crippen LogP contribution in [0, 0.1) is 6.92 Å². The van der Waals surface area contributed by atoms with Crippen LogP contribution in [0.1, 0.15) is 50.9 Å². The average Bonchev–Trinajstić information content (AvgIpc) is 2.90. The van der Waals surface area contributed by atoms with Crippen LogP contribution >= 0.6 is 11.6 Å². The molecule has 1 fully saturated rings. The van der Waals surface area contributed by atoms with Crippen LogP contribution in [0.3, 0.4) is 0 Å². The molecule has 102 valence electrons. The fourth-order valence-electron chi connectivity index (χ4n) is 3.16. The van der Waals surface area contributed by atoms with Gasteiger partial charge >= 0.3 is 0 Å². The third kappa shape index (κ3) is 2.57. The lowest BCUT2D eigenvalue weighted by Crippen LogP contribution is -2.42. The summed E-state index contributed by atoms with van der Waals surface area (Å²) in [4.78, 5) is 0. The van der Waals surface area contributed by atoms with E-state index in [4.69, 9.17) is 11.6 Å². The summed E-state index contributed by atoms with van der Waals surface area (Å²) in [6, 6.07) is 0. The average molecular weight is 270 g/mol. The molecule has 1 aliphatic heterocycles. The smallest absolute Gasteiger partial charge is 0.0847 e. The summed E-state index contributed by atoms with van der Waals surface area (Å²) >= 11 is 6.42. The molecule has 1 atom stereocenters. The minimum atomic E-state index is 0.248. The van der Waals surface area contributed by atoms with E-state index in [2.05, 4.69) is 28.9 Å². The van der Waals surface area contributed by atoms with Crippen molar-refractivity contribution in [2.24, 2.45) is 0 Å². The van der Waals surface area contributed by atoms with Crippen molar-refractivity contribution >= 4 is 11.6 Å². The minimum Gasteiger partial charge on any atom is -0.311 e. The van der Waals surface area contributed by atoms with Gasteiger partial charge in [0.15, 0.2) is 0 Å². The molecule has 0 saturated carbocycles. The number of rotatable bonds is 5. The topological polar surface area (TPSA) is 29.9 Å². The molecule has 18 heavy (non-hydrogen) atoms. The normalized spacial score (nSPS) is 23.8. The standard InChI is InChI=1S/C14H24ClN3/c1-4-7-14(8-6-9-16-14)10-12-13(15)11(3)17-18(12)5-2/h16H,4-10H2,1-3H3. The number of aryl methyl sites for hydroxylation is 2. The van der Waals surface area contributed by atoms with Crippen LogP contribution in [0.25, 0.3) is 0 Å². The fraction of sp³-hybridized carbons (Fsp3) is 0.786. The van der Waals surface area contributed by atoms with Crippen LogP contribution < -0.4 is 5.32 Å². The van der Waals surface area contributed by atoms with Crippen LogP contribution in [0.15, 0.2) is 0 Å². The van der Waals surface area contributed by atoms with Crippen molar-refractivity contribution in [3.05, 3.63) is 16.4 Å². The Balaban J connectivity index is 2.26. The molecule has 2 heterocycles. The van der Waals surface area contributed by atoms with E-state index in [1.54, 1.807) is 0 Å². The van der Waals surface area contributed by atoms with Crippen molar-refractivity contribution in [2.75, 3.05) is 6.54 Å². The van der Waals surface area contributed by atoms with E-state index < -0.39 is 0 Å². The minimum absolute atomic E-state index is 0.248. The molecular formula is C14H24ClN3. The van der Waals surface area contributed by atoms with E-state index in [9.17, 15) is 0 Å². The zero-order chi connectivity index (χ0) is 13.2. The van der Waals surface area contributed by atoms with Crippen LogP contribution in [0.4, 0.5) is 0 Å². The summed E-state index contributed by atoms with van der Waals surface area (Å²) < 4.78 is 2.06. The quantitative estimate of drug-likeness (QED) is 0.889. The Hall–Kier alpha value is -0.540. The van der Waals surface area contributed by atoms with Gasteiger partial charge in [-0.1, -0.05) is 24.9 Å². The van der Waals surface area contributed by atoms with Gasteiger partial charge in [-0.05, 0) is 39.7 Å². The summed E-state index contributed by atoms with van der Waals surface area (Å²) in [5.74, 6) is 0. The van der Waals surface area contributed by atoms with E-state index in [1.807, 2.05) is 6.92 Å². The first-order chi connectivity index (χ1) is 8.62. The Kier molecular flexibility index (Phi) is 4.33. The fourth-order valence-corrected chi connectivity index (χ4v) is 3.36. The van der Waals surface area contributed by atoms with E-state index >= 15 is 0 Å². The third-order valence-electron chi connectivity index (χ3n) is 4.02. The molecule has 1 unspecified atom stereocenters. The van der Waals surface area contributed by atoms with E-state index in [0.717, 1.165) is 30.2 Å². The molecule has 1 aliphatic rings. The summed E-state index contributed by atoms with van der Waals surface area (Å²) in [7, 11) is 0. The van der Waals surface area contributed by atoms with Gasteiger partial charge in [-0.2, -0.15) is 5.10 Å². The van der Waals surface area contributed by atoms with Gasteiger partial charge in [-0.15, -0.1) is 0 Å². The highest BCUT2D eigenvalue weighted by Crippen LogP contribution is 2.32. The van der Waals surface area contributed by atoms with Gasteiger partial charge < -0.3 is 5.32 Å². The number of hydrogen-bond donors (Lipinski definition) is 1. The third-order valence-corrected chi connectivity index (χ3v) is 4.51. The number of hydrogen-bond acceptors (Lipinski definition) is 2. The lowest BCUT2D eigenvalue weighted by Gasteiger charge is -2.29. The van der Waals surface area contributed by atoms with Crippen LogP contribution in [-0.2, 0) is 13.0 Å². The monoisotopic (exact) mass is 269 g/mol. The first-order valence-electron chi connectivity index (χ1n) is 7.08. The van der Waals surface area contributed by atoms with Gasteiger partial charge in [0, 0.05) is 18.5 Å². The molecule has 1 saturated heterocycles. The van der Waals surface area contributed by atoms with Crippen molar-refractivity contribution < 1.29 is 0 Å². The molecule has 1 N–H and O–H groups in total. The molecule has 0 amide bonds. The lowest BCUT2D eigenvalue weighted by atomic mass is 9.87. The molecule has 0 aromatic carbocycles. The SMILES string of the molecule is CCCC1(Cc2c(Cl)c(C)nn2CC)CCCN1. The van der Waals surface area contributed by atoms with Gasteiger partial charge in [-0.3, -0.25) is 4.68 Å². The second-order valence-electron chi connectivity index (χ2n) is 5.40. The maximum Gasteiger partial charge on any atom is 0.0847 e. The van der Waals surface area contributed by atoms with Gasteiger partial charge in [0.2, 0.25) is 0 Å². The molecule has 0 bridgehead atoms. The molecule has 1 aromatic heterocycles. The van der Waals surface area contributed by atoms with Crippen molar-refractivity contribution in [2.45, 2.75) is 65.0 Å². The highest BCUT2D eigenvalue weighted by molar-refractivity contribution is 6.31. The number of aromatic nitrogens is 2. The predicted octanol–water partition coefficient (Wildman–Crippen LogP) is 3.33. The van der Waals surface area contributed by atoms with Gasteiger partial charge in [-0.25, -0.2) is 0 Å². The summed E-state index contributed by atoms with van der Waals surface area (Å²) in [5, 5.41) is 9.09. The second-order valence-corrected chi connectivity index (χ2v) is 5.78. The molecule has 3 nitrogen and oxygen atoms in total. The lowest BCUT2D eigenvalue weighted by molar-refractivity contribution is 0.332. The van der Waals surface area contributed by atoms with Crippen LogP contribution in [0.5, 0.6) is 0 Å². The molecule has 1 aromatic rings. The number of nitrogens with zero attached hydrogens (tertiary/aromatic N) is 2. The van der Waals surface area contributed by atoms with Crippen molar-refractivity contribution in [1.29, 1.82) is 0 Å². The van der Waals surface area contributed by atoms with Gasteiger partial charge in [0.05, 0.1) is 16.4 Å². The van der Waals surface area contributed by atoms with Gasteiger partial charge in [0.1, 0.15) is 0 Å². The number of halogens is 1. The zero-order valence-electron chi connectivity index (χ0n) is 11.7. The Morgan fingerprint density at radius 2 is 2.22 bits per heavy atom. The van der Waals surface area contributed by atoms with Crippen molar-refractivity contribution in [3.63, 3.8) is 0 Å². The van der Waals surface area contributed by atoms with Crippen molar-refractivity contribution in [1.82, 2.24) is 15.1 Å². The largest absolute Gasteiger partial charge is 0.311 e. The first kappa shape index (κ1) is 13.9. The van der Waals surface area contributed by atoms with Crippen molar-refractivity contribution in [3.8, 4) is 0 Å². The Morgan fingerprint density at radius 3 is 2.78 bits per heavy atom. The molecule has 0 aliphatic carbocycles. The summed E-state index contributed by atoms with van der Waals surface area (Å²) in [5.41, 5.74) is 2.41. The highest BCUT2D eigenvalue weighted by Gasteiger charge is 2.34. The molecule has 0 spiro atoms. The number of nitrogens with one attached hydrogen (secondary N) is 1. The molecular weight excluding hydrogens is 246 g/mol. The Labute approximate surface area is 115 Å². The molecule has 4 heteroatoms. The summed E-state index contributed by atoms with van der Waals surface area (Å²) in [6.07, 6.45) is 5.97. The highest BCUT2D eigenvalue weighted by atomic mass is 35.5. The second kappa shape index (κ2) is 5.62. The maximum atomic E-state index is 6.42. The zero-order valence-corrected chi connectivity index (χ0v) is 12.5. The van der Waals surface area contributed by atoms with Crippen LogP contribution in [-0.4, -0.2) is 21.9 Å². The Bertz CT molecular complexity index is 405. The van der Waals surface area contributed by atoms with E-state index in [-0.39, 0.29) is 5.54 Å². The van der Waals surface area contributed by atoms with Gasteiger partial charge in [0.25, 0.3) is 0 Å². The summed E-state index contributed by atoms with van der Waals surface area (Å²) in [6.45, 7) is 8.40. The Morgan fingerprint density at radius 1 is 1.44 bits per heavy atom. The first-order valence-corrected chi connectivity index (χ1v) is 7.46. The predicted molar refractivity (Wildman–Crippen MR) is 76.2 cm³/mol. The van der Waals surface area contributed by atoms with E-state index in [1.165, 1.54) is 31.4 Å². The molecule has 0 radical (unpaired) electrons. The van der Waals surface area contributed by atoms with Crippen LogP contribution in [0.2, 0.25) is 5.02 Å².